The van der Waals surface area contributed by atoms with Gasteiger partial charge in [-0.15, -0.1) is 11.8 Å². The molecule has 6 nitrogen and oxygen atoms in total. The van der Waals surface area contributed by atoms with Crippen molar-refractivity contribution in [2.45, 2.75) is 17.7 Å². The molecule has 0 unspecified atom stereocenters. The highest BCUT2D eigenvalue weighted by molar-refractivity contribution is 8.00. The zero-order valence-electron chi connectivity index (χ0n) is 12.8. The molecule has 122 valence electrons. The van der Waals surface area contributed by atoms with E-state index >= 15 is 0 Å². The van der Waals surface area contributed by atoms with Crippen LogP contribution in [0, 0.1) is 0 Å². The molecular weight excluding hydrogens is 324 g/mol. The maximum atomic E-state index is 11.1. The zero-order valence-corrected chi connectivity index (χ0v) is 13.6. The van der Waals surface area contributed by atoms with Gasteiger partial charge in [-0.25, -0.2) is 4.98 Å². The minimum atomic E-state index is -0.742. The summed E-state index contributed by atoms with van der Waals surface area (Å²) in [4.78, 5) is 15.8. The number of thioether (sulfide) groups is 1. The van der Waals surface area contributed by atoms with Crippen molar-refractivity contribution >= 4 is 29.2 Å². The lowest BCUT2D eigenvalue weighted by molar-refractivity contribution is -0.136. The molecule has 0 amide bonds. The molecular formula is C17H16N4O2S. The predicted molar refractivity (Wildman–Crippen MR) is 94.3 cm³/mol. The second-order valence-corrected chi connectivity index (χ2v) is 6.97. The molecule has 1 fully saturated rings. The van der Waals surface area contributed by atoms with Crippen LogP contribution in [-0.2, 0) is 4.79 Å². The summed E-state index contributed by atoms with van der Waals surface area (Å²) >= 11 is 1.48. The minimum Gasteiger partial charge on any atom is -0.480 e. The zero-order chi connectivity index (χ0) is 16.5. The van der Waals surface area contributed by atoms with Crippen molar-refractivity contribution in [2.24, 2.45) is 0 Å². The van der Waals surface area contributed by atoms with E-state index in [0.29, 0.717) is 6.42 Å². The van der Waals surface area contributed by atoms with E-state index in [4.69, 9.17) is 5.11 Å². The fraction of sp³-hybridized carbons (Fsp3) is 0.235. The first-order valence-electron chi connectivity index (χ1n) is 7.72. The van der Waals surface area contributed by atoms with Crippen molar-refractivity contribution in [3.05, 3.63) is 48.7 Å². The van der Waals surface area contributed by atoms with Crippen LogP contribution in [0.15, 0.2) is 48.7 Å². The number of hydrogen-bond acceptors (Lipinski definition) is 5. The van der Waals surface area contributed by atoms with E-state index in [1.807, 2.05) is 42.5 Å². The quantitative estimate of drug-likeness (QED) is 0.760. The highest BCUT2D eigenvalue weighted by Crippen LogP contribution is 2.30. The summed E-state index contributed by atoms with van der Waals surface area (Å²) in [6, 6.07) is 13.9. The topological polar surface area (TPSA) is 79.5 Å². The Balaban J connectivity index is 1.67. The lowest BCUT2D eigenvalue weighted by Crippen LogP contribution is -2.23. The number of aromatic nitrogens is 3. The SMILES string of the molecule is O=C(O)[C@@H]1C[C@H](Nc2cc(-c3ccccc3)nc3ccnn23)CS1. The molecule has 0 saturated carbocycles. The number of hydrogen-bond donors (Lipinski definition) is 2. The summed E-state index contributed by atoms with van der Waals surface area (Å²) in [6.07, 6.45) is 2.32. The van der Waals surface area contributed by atoms with Crippen molar-refractivity contribution in [2.75, 3.05) is 11.1 Å². The van der Waals surface area contributed by atoms with E-state index in [-0.39, 0.29) is 11.3 Å². The summed E-state index contributed by atoms with van der Waals surface area (Å²) in [5.74, 6) is 0.858. The molecule has 3 aromatic rings. The molecule has 0 aliphatic carbocycles. The van der Waals surface area contributed by atoms with Crippen molar-refractivity contribution in [3.8, 4) is 11.3 Å². The normalized spacial score (nSPS) is 20.3. The van der Waals surface area contributed by atoms with Crippen LogP contribution in [0.4, 0.5) is 5.82 Å². The third-order valence-corrected chi connectivity index (χ3v) is 5.44. The lowest BCUT2D eigenvalue weighted by atomic mass is 10.1. The highest BCUT2D eigenvalue weighted by Gasteiger charge is 2.30. The van der Waals surface area contributed by atoms with E-state index in [2.05, 4.69) is 15.4 Å². The largest absolute Gasteiger partial charge is 0.480 e. The molecule has 7 heteroatoms. The van der Waals surface area contributed by atoms with Gasteiger partial charge in [0.05, 0.1) is 11.9 Å². The Kier molecular flexibility index (Phi) is 3.86. The van der Waals surface area contributed by atoms with Crippen LogP contribution in [0.25, 0.3) is 16.9 Å². The Morgan fingerprint density at radius 3 is 2.88 bits per heavy atom. The standard InChI is InChI=1S/C17H16N4O2S/c22-17(23)14-8-12(10-24-14)19-16-9-13(11-4-2-1-3-5-11)20-15-6-7-18-21(15)16/h1-7,9,12,14,19H,8,10H2,(H,22,23)/t12-,14-/m0/s1. The Hall–Kier alpha value is -2.54. The van der Waals surface area contributed by atoms with Gasteiger partial charge in [-0.1, -0.05) is 30.3 Å². The minimum absolute atomic E-state index is 0.106. The molecule has 1 saturated heterocycles. The summed E-state index contributed by atoms with van der Waals surface area (Å²) in [7, 11) is 0. The van der Waals surface area contributed by atoms with Crippen LogP contribution in [-0.4, -0.2) is 42.7 Å². The maximum absolute atomic E-state index is 11.1. The van der Waals surface area contributed by atoms with Gasteiger partial charge in [0.15, 0.2) is 5.65 Å². The second-order valence-electron chi connectivity index (χ2n) is 5.73. The summed E-state index contributed by atoms with van der Waals surface area (Å²) in [5, 5.41) is 16.6. The van der Waals surface area contributed by atoms with Gasteiger partial charge in [0.1, 0.15) is 11.1 Å². The Morgan fingerprint density at radius 1 is 1.29 bits per heavy atom. The van der Waals surface area contributed by atoms with Crippen molar-refractivity contribution in [1.82, 2.24) is 14.6 Å². The fourth-order valence-corrected chi connectivity index (χ4v) is 4.08. The predicted octanol–water partition coefficient (Wildman–Crippen LogP) is 2.77. The number of carboxylic acids is 1. The number of carbonyl (C=O) groups is 1. The van der Waals surface area contributed by atoms with Gasteiger partial charge in [0.2, 0.25) is 0 Å². The summed E-state index contributed by atoms with van der Waals surface area (Å²) in [5.41, 5.74) is 2.67. The molecule has 2 atom stereocenters. The van der Waals surface area contributed by atoms with E-state index in [0.717, 1.165) is 28.5 Å². The first-order valence-corrected chi connectivity index (χ1v) is 8.77. The van der Waals surface area contributed by atoms with Crippen LogP contribution in [0.5, 0.6) is 0 Å². The molecule has 1 aromatic carbocycles. The first kappa shape index (κ1) is 15.0. The molecule has 0 bridgehead atoms. The van der Waals surface area contributed by atoms with Crippen LogP contribution >= 0.6 is 11.8 Å². The molecule has 2 N–H and O–H groups in total. The van der Waals surface area contributed by atoms with Gasteiger partial charge in [0.25, 0.3) is 0 Å². The van der Waals surface area contributed by atoms with Crippen LogP contribution < -0.4 is 5.32 Å². The Bertz CT molecular complexity index is 881. The number of nitrogens with zero attached hydrogens (tertiary/aromatic N) is 3. The molecule has 3 heterocycles. The van der Waals surface area contributed by atoms with Crippen molar-refractivity contribution in [1.29, 1.82) is 0 Å². The number of anilines is 1. The van der Waals surface area contributed by atoms with E-state index in [9.17, 15) is 4.79 Å². The van der Waals surface area contributed by atoms with Gasteiger partial charge in [-0.05, 0) is 6.42 Å². The number of aliphatic carboxylic acids is 1. The van der Waals surface area contributed by atoms with Crippen LogP contribution in [0.2, 0.25) is 0 Å². The Labute approximate surface area is 142 Å². The van der Waals surface area contributed by atoms with E-state index in [1.165, 1.54) is 11.8 Å². The Morgan fingerprint density at radius 2 is 2.12 bits per heavy atom. The van der Waals surface area contributed by atoms with Crippen molar-refractivity contribution < 1.29 is 9.90 Å². The monoisotopic (exact) mass is 340 g/mol. The van der Waals surface area contributed by atoms with E-state index < -0.39 is 5.97 Å². The molecule has 0 radical (unpaired) electrons. The van der Waals surface area contributed by atoms with Gasteiger partial charge < -0.3 is 10.4 Å². The third kappa shape index (κ3) is 2.82. The molecule has 0 spiro atoms. The molecule has 4 rings (SSSR count). The van der Waals surface area contributed by atoms with Gasteiger partial charge >= 0.3 is 5.97 Å². The van der Waals surface area contributed by atoms with Crippen LogP contribution in [0.3, 0.4) is 0 Å². The number of rotatable bonds is 4. The van der Waals surface area contributed by atoms with Crippen molar-refractivity contribution in [3.63, 3.8) is 0 Å². The lowest BCUT2D eigenvalue weighted by Gasteiger charge is -2.15. The fourth-order valence-electron chi connectivity index (χ4n) is 2.88. The average molecular weight is 340 g/mol. The number of carboxylic acid groups (broad SMARTS) is 1. The molecule has 2 aromatic heterocycles. The van der Waals surface area contributed by atoms with E-state index in [1.54, 1.807) is 10.7 Å². The summed E-state index contributed by atoms with van der Waals surface area (Å²) in [6.45, 7) is 0. The molecule has 1 aliphatic heterocycles. The first-order chi connectivity index (χ1) is 11.7. The number of fused-ring (bicyclic) bond motifs is 1. The number of nitrogens with one attached hydrogen (secondary N) is 1. The highest BCUT2D eigenvalue weighted by atomic mass is 32.2. The summed E-state index contributed by atoms with van der Waals surface area (Å²) < 4.78 is 1.76. The van der Waals surface area contributed by atoms with Gasteiger partial charge in [0, 0.05) is 29.5 Å². The molecule has 24 heavy (non-hydrogen) atoms. The van der Waals surface area contributed by atoms with Gasteiger partial charge in [-0.3, -0.25) is 4.79 Å². The smallest absolute Gasteiger partial charge is 0.316 e. The third-order valence-electron chi connectivity index (χ3n) is 4.05. The molecule has 1 aliphatic rings. The van der Waals surface area contributed by atoms with Gasteiger partial charge in [-0.2, -0.15) is 9.61 Å². The maximum Gasteiger partial charge on any atom is 0.316 e. The number of benzene rings is 1. The average Bonchev–Trinajstić information content (AvgIpc) is 3.24. The second kappa shape index (κ2) is 6.16. The van der Waals surface area contributed by atoms with Crippen LogP contribution in [0.1, 0.15) is 6.42 Å².